The van der Waals surface area contributed by atoms with Crippen LogP contribution in [0.4, 0.5) is 0 Å². The molecule has 0 bridgehead atoms. The van der Waals surface area contributed by atoms with E-state index in [1.165, 1.54) is 11.3 Å². The summed E-state index contributed by atoms with van der Waals surface area (Å²) in [6.45, 7) is 8.10. The van der Waals surface area contributed by atoms with Crippen molar-refractivity contribution in [2.45, 2.75) is 33.7 Å². The maximum atomic E-state index is 6.10. The normalized spacial score (nSPS) is 11.1. The Kier molecular flexibility index (Phi) is 5.96. The first-order valence-electron chi connectivity index (χ1n) is 7.07. The molecule has 2 rings (SSSR count). The van der Waals surface area contributed by atoms with E-state index in [1.807, 2.05) is 18.2 Å². The highest BCUT2D eigenvalue weighted by Gasteiger charge is 2.08. The van der Waals surface area contributed by atoms with Gasteiger partial charge in [-0.2, -0.15) is 0 Å². The lowest BCUT2D eigenvalue weighted by Gasteiger charge is -2.05. The van der Waals surface area contributed by atoms with Crippen LogP contribution < -0.4 is 10.1 Å². The second kappa shape index (κ2) is 7.73. The van der Waals surface area contributed by atoms with Crippen LogP contribution in [0.15, 0.2) is 18.2 Å². The van der Waals surface area contributed by atoms with Crippen molar-refractivity contribution in [2.24, 2.45) is 5.92 Å². The van der Waals surface area contributed by atoms with Crippen molar-refractivity contribution in [3.63, 3.8) is 0 Å². The monoisotopic (exact) mass is 325 g/mol. The first-order chi connectivity index (χ1) is 10.1. The summed E-state index contributed by atoms with van der Waals surface area (Å²) >= 11 is 7.55. The second-order valence-electron chi connectivity index (χ2n) is 5.20. The minimum atomic E-state index is 0.556. The number of nitrogens with one attached hydrogen (secondary N) is 1. The first kappa shape index (κ1) is 16.2. The molecule has 1 aromatic heterocycles. The summed E-state index contributed by atoms with van der Waals surface area (Å²) in [6, 6.07) is 5.64. The zero-order valence-electron chi connectivity index (χ0n) is 12.5. The minimum absolute atomic E-state index is 0.556. The Bertz CT molecular complexity index is 586. The Morgan fingerprint density at radius 1 is 1.33 bits per heavy atom. The van der Waals surface area contributed by atoms with Crippen LogP contribution in [0.3, 0.4) is 0 Å². The van der Waals surface area contributed by atoms with Crippen molar-refractivity contribution in [3.05, 3.63) is 33.8 Å². The van der Waals surface area contributed by atoms with Crippen molar-refractivity contribution in [3.8, 4) is 10.9 Å². The maximum Gasteiger partial charge on any atom is 0.299 e. The second-order valence-corrected chi connectivity index (χ2v) is 6.63. The summed E-state index contributed by atoms with van der Waals surface area (Å²) in [6.07, 6.45) is 0.872. The third-order valence-electron chi connectivity index (χ3n) is 2.88. The number of halogens is 1. The van der Waals surface area contributed by atoms with Crippen LogP contribution in [0.1, 0.15) is 31.3 Å². The summed E-state index contributed by atoms with van der Waals surface area (Å²) in [5.74, 6) is 1.37. The standard InChI is InChI=1S/C15H20ClN3OS/c1-4-11-7-12(5-6-13(11)16)20-15-19-18-14(21-15)9-17-8-10(2)3/h5-7,10,17H,4,8-9H2,1-3H3. The van der Waals surface area contributed by atoms with Gasteiger partial charge in [0.2, 0.25) is 0 Å². The van der Waals surface area contributed by atoms with Gasteiger partial charge in [0.1, 0.15) is 10.8 Å². The van der Waals surface area contributed by atoms with Crippen molar-refractivity contribution in [2.75, 3.05) is 6.54 Å². The Balaban J connectivity index is 1.96. The third kappa shape index (κ3) is 4.95. The number of ether oxygens (including phenoxy) is 1. The van der Waals surface area contributed by atoms with E-state index in [1.54, 1.807) is 0 Å². The fourth-order valence-electron chi connectivity index (χ4n) is 1.81. The van der Waals surface area contributed by atoms with Gasteiger partial charge in [-0.25, -0.2) is 0 Å². The number of hydrogen-bond acceptors (Lipinski definition) is 5. The number of aryl methyl sites for hydroxylation is 1. The van der Waals surface area contributed by atoms with Crippen molar-refractivity contribution >= 4 is 22.9 Å². The molecule has 4 nitrogen and oxygen atoms in total. The molecule has 2 aromatic rings. The molecule has 21 heavy (non-hydrogen) atoms. The van der Waals surface area contributed by atoms with Gasteiger partial charge >= 0.3 is 0 Å². The molecule has 0 aliphatic heterocycles. The van der Waals surface area contributed by atoms with E-state index in [9.17, 15) is 0 Å². The van der Waals surface area contributed by atoms with Crippen LogP contribution in [0.25, 0.3) is 0 Å². The number of rotatable bonds is 7. The Labute approximate surface area is 134 Å². The Hall–Kier alpha value is -1.17. The average molecular weight is 326 g/mol. The first-order valence-corrected chi connectivity index (χ1v) is 8.27. The minimum Gasteiger partial charge on any atom is -0.430 e. The quantitative estimate of drug-likeness (QED) is 0.824. The van der Waals surface area contributed by atoms with Crippen molar-refractivity contribution < 1.29 is 4.74 Å². The molecule has 0 saturated heterocycles. The number of aromatic nitrogens is 2. The fraction of sp³-hybridized carbons (Fsp3) is 0.467. The molecule has 0 radical (unpaired) electrons. The molecular weight excluding hydrogens is 306 g/mol. The molecule has 0 aliphatic rings. The van der Waals surface area contributed by atoms with Gasteiger partial charge in [-0.15, -0.1) is 5.10 Å². The average Bonchev–Trinajstić information content (AvgIpc) is 2.88. The highest BCUT2D eigenvalue weighted by Crippen LogP contribution is 2.28. The van der Waals surface area contributed by atoms with Gasteiger partial charge in [-0.1, -0.05) is 48.8 Å². The number of benzene rings is 1. The fourth-order valence-corrected chi connectivity index (χ4v) is 2.73. The highest BCUT2D eigenvalue weighted by atomic mass is 35.5. The molecule has 0 fully saturated rings. The van der Waals surface area contributed by atoms with Crippen LogP contribution in [0.2, 0.25) is 5.02 Å². The molecule has 0 saturated carbocycles. The maximum absolute atomic E-state index is 6.10. The molecule has 0 unspecified atom stereocenters. The third-order valence-corrected chi connectivity index (χ3v) is 4.05. The lowest BCUT2D eigenvalue weighted by atomic mass is 10.2. The summed E-state index contributed by atoms with van der Waals surface area (Å²) < 4.78 is 5.74. The summed E-state index contributed by atoms with van der Waals surface area (Å²) in [4.78, 5) is 0. The molecule has 0 amide bonds. The van der Waals surface area contributed by atoms with E-state index in [4.69, 9.17) is 16.3 Å². The van der Waals surface area contributed by atoms with E-state index in [0.29, 0.717) is 11.1 Å². The van der Waals surface area contributed by atoms with E-state index in [2.05, 4.69) is 36.3 Å². The van der Waals surface area contributed by atoms with Crippen molar-refractivity contribution in [1.82, 2.24) is 15.5 Å². The topological polar surface area (TPSA) is 47.0 Å². The van der Waals surface area contributed by atoms with E-state index < -0.39 is 0 Å². The zero-order chi connectivity index (χ0) is 15.2. The largest absolute Gasteiger partial charge is 0.430 e. The molecule has 1 aromatic carbocycles. The molecule has 0 spiro atoms. The summed E-state index contributed by atoms with van der Waals surface area (Å²) in [5.41, 5.74) is 1.07. The van der Waals surface area contributed by atoms with Gasteiger partial charge < -0.3 is 10.1 Å². The van der Waals surface area contributed by atoms with Crippen molar-refractivity contribution in [1.29, 1.82) is 0 Å². The Morgan fingerprint density at radius 2 is 2.14 bits per heavy atom. The SMILES string of the molecule is CCc1cc(Oc2nnc(CNCC(C)C)s2)ccc1Cl. The molecule has 0 aliphatic carbocycles. The number of hydrogen-bond donors (Lipinski definition) is 1. The Morgan fingerprint density at radius 3 is 2.86 bits per heavy atom. The predicted octanol–water partition coefficient (Wildman–Crippen LogP) is 4.29. The molecule has 6 heteroatoms. The van der Waals surface area contributed by atoms with Crippen LogP contribution in [0.5, 0.6) is 10.9 Å². The molecule has 0 atom stereocenters. The predicted molar refractivity (Wildman–Crippen MR) is 87.4 cm³/mol. The van der Waals surface area contributed by atoms with Crippen LogP contribution in [-0.2, 0) is 13.0 Å². The van der Waals surface area contributed by atoms with E-state index >= 15 is 0 Å². The number of nitrogens with zero attached hydrogens (tertiary/aromatic N) is 2. The zero-order valence-corrected chi connectivity index (χ0v) is 14.1. The van der Waals surface area contributed by atoms with E-state index in [0.717, 1.165) is 40.9 Å². The lowest BCUT2D eigenvalue weighted by molar-refractivity contribution is 0.472. The summed E-state index contributed by atoms with van der Waals surface area (Å²) in [5, 5.41) is 13.8. The van der Waals surface area contributed by atoms with Crippen LogP contribution in [0, 0.1) is 5.92 Å². The molecule has 114 valence electrons. The van der Waals surface area contributed by atoms with Gasteiger partial charge in [-0.3, -0.25) is 0 Å². The van der Waals surface area contributed by atoms with Gasteiger partial charge in [-0.05, 0) is 42.6 Å². The van der Waals surface area contributed by atoms with Crippen LogP contribution >= 0.6 is 22.9 Å². The molecular formula is C15H20ClN3OS. The van der Waals surface area contributed by atoms with Gasteiger partial charge in [0.05, 0.1) is 0 Å². The van der Waals surface area contributed by atoms with Crippen LogP contribution in [-0.4, -0.2) is 16.7 Å². The van der Waals surface area contributed by atoms with E-state index in [-0.39, 0.29) is 0 Å². The highest BCUT2D eigenvalue weighted by molar-refractivity contribution is 7.13. The van der Waals surface area contributed by atoms with Gasteiger partial charge in [0.15, 0.2) is 0 Å². The molecule has 1 N–H and O–H groups in total. The lowest BCUT2D eigenvalue weighted by Crippen LogP contribution is -2.18. The molecule has 1 heterocycles. The smallest absolute Gasteiger partial charge is 0.299 e. The van der Waals surface area contributed by atoms with Gasteiger partial charge in [0.25, 0.3) is 5.19 Å². The summed E-state index contributed by atoms with van der Waals surface area (Å²) in [7, 11) is 0. The van der Waals surface area contributed by atoms with Gasteiger partial charge in [0, 0.05) is 11.6 Å².